The van der Waals surface area contributed by atoms with Crippen LogP contribution < -0.4 is 4.74 Å². The lowest BCUT2D eigenvalue weighted by molar-refractivity contribution is 0.00140. The summed E-state index contributed by atoms with van der Waals surface area (Å²) in [6.07, 6.45) is 4.03. The second-order valence-electron chi connectivity index (χ2n) is 9.49. The third kappa shape index (κ3) is 6.49. The molecule has 1 fully saturated rings. The quantitative estimate of drug-likeness (QED) is 0.364. The molecule has 0 radical (unpaired) electrons. The van der Waals surface area contributed by atoms with E-state index in [9.17, 15) is 8.42 Å². The molecule has 0 spiro atoms. The van der Waals surface area contributed by atoms with Crippen LogP contribution in [-0.4, -0.2) is 69.3 Å². The molecule has 200 valence electrons. The number of hydrogen-bond acceptors (Lipinski definition) is 10. The molecule has 1 aliphatic rings. The number of methoxy groups -OCH3 is 1. The van der Waals surface area contributed by atoms with Crippen molar-refractivity contribution in [1.82, 2.24) is 29.7 Å². The lowest BCUT2D eigenvalue weighted by atomic mass is 10.2. The molecule has 0 unspecified atom stereocenters. The maximum atomic E-state index is 13.7. The first-order valence-electron chi connectivity index (χ1n) is 12.4. The summed E-state index contributed by atoms with van der Waals surface area (Å²) < 4.78 is 46.3. The van der Waals surface area contributed by atoms with Gasteiger partial charge in [-0.05, 0) is 52.2 Å². The van der Waals surface area contributed by atoms with Gasteiger partial charge in [-0.25, -0.2) is 23.4 Å². The van der Waals surface area contributed by atoms with Crippen LogP contribution in [0.2, 0.25) is 0 Å². The van der Waals surface area contributed by atoms with Gasteiger partial charge in [0.1, 0.15) is 23.4 Å². The second-order valence-corrected chi connectivity index (χ2v) is 11.8. The summed E-state index contributed by atoms with van der Waals surface area (Å²) in [4.78, 5) is 13.2. The van der Waals surface area contributed by atoms with Crippen LogP contribution in [0.5, 0.6) is 5.88 Å². The van der Waals surface area contributed by atoms with Gasteiger partial charge in [-0.1, -0.05) is 6.07 Å². The summed E-state index contributed by atoms with van der Waals surface area (Å²) in [5, 5.41) is 7.69. The van der Waals surface area contributed by atoms with Crippen LogP contribution in [0.1, 0.15) is 56.9 Å². The maximum absolute atomic E-state index is 13.7. The number of aromatic nitrogens is 6. The van der Waals surface area contributed by atoms with E-state index in [1.165, 1.54) is 7.11 Å². The lowest BCUT2D eigenvalue weighted by Crippen LogP contribution is -2.32. The number of nitrogens with zero attached hydrogens (tertiary/aromatic N) is 6. The predicted octanol–water partition coefficient (Wildman–Crippen LogP) is 3.10. The van der Waals surface area contributed by atoms with Crippen molar-refractivity contribution in [2.45, 2.75) is 76.4 Å². The molecule has 11 nitrogen and oxygen atoms in total. The van der Waals surface area contributed by atoms with Gasteiger partial charge in [-0.3, -0.25) is 0 Å². The van der Waals surface area contributed by atoms with E-state index < -0.39 is 21.2 Å². The van der Waals surface area contributed by atoms with E-state index in [2.05, 4.69) is 25.1 Å². The molecule has 1 saturated heterocycles. The summed E-state index contributed by atoms with van der Waals surface area (Å²) in [6, 6.07) is 5.33. The average Bonchev–Trinajstić information content (AvgIpc) is 3.53. The molecule has 37 heavy (non-hydrogen) atoms. The fraction of sp³-hybridized carbons (Fsp3) is 0.560. The predicted molar refractivity (Wildman–Crippen MR) is 137 cm³/mol. The molecular weight excluding hydrogens is 496 g/mol. The largest absolute Gasteiger partial charge is 0.481 e. The van der Waals surface area contributed by atoms with Crippen LogP contribution in [0.25, 0.3) is 11.5 Å². The molecule has 3 aromatic rings. The zero-order valence-corrected chi connectivity index (χ0v) is 22.7. The first kappa shape index (κ1) is 27.1. The molecule has 1 aliphatic heterocycles. The Morgan fingerprint density at radius 1 is 1.16 bits per heavy atom. The van der Waals surface area contributed by atoms with Crippen molar-refractivity contribution in [1.29, 1.82) is 0 Å². The van der Waals surface area contributed by atoms with Crippen LogP contribution in [-0.2, 0) is 31.6 Å². The Morgan fingerprint density at radius 2 is 1.92 bits per heavy atom. The third-order valence-electron chi connectivity index (χ3n) is 6.20. The highest BCUT2D eigenvalue weighted by atomic mass is 32.2. The van der Waals surface area contributed by atoms with E-state index in [-0.39, 0.29) is 18.0 Å². The summed E-state index contributed by atoms with van der Waals surface area (Å²) in [5.74, 6) is 1.21. The first-order valence-corrected chi connectivity index (χ1v) is 14.1. The van der Waals surface area contributed by atoms with Gasteiger partial charge in [0.15, 0.2) is 21.5 Å². The molecule has 3 aromatic heterocycles. The van der Waals surface area contributed by atoms with Gasteiger partial charge in [0, 0.05) is 25.1 Å². The van der Waals surface area contributed by atoms with Crippen molar-refractivity contribution in [3.05, 3.63) is 47.8 Å². The van der Waals surface area contributed by atoms with Crippen molar-refractivity contribution in [2.24, 2.45) is 0 Å². The zero-order chi connectivity index (χ0) is 26.6. The molecule has 0 saturated carbocycles. The van der Waals surface area contributed by atoms with E-state index in [4.69, 9.17) is 14.2 Å². The van der Waals surface area contributed by atoms with Crippen LogP contribution in [0.15, 0.2) is 30.6 Å². The Bertz CT molecular complexity index is 1290. The number of sulfone groups is 1. The number of hydrogen-bond donors (Lipinski definition) is 0. The van der Waals surface area contributed by atoms with Gasteiger partial charge >= 0.3 is 0 Å². The minimum atomic E-state index is -3.77. The van der Waals surface area contributed by atoms with E-state index in [1.54, 1.807) is 42.1 Å². The van der Waals surface area contributed by atoms with Crippen molar-refractivity contribution in [2.75, 3.05) is 13.7 Å². The summed E-state index contributed by atoms with van der Waals surface area (Å²) in [7, 11) is -2.23. The van der Waals surface area contributed by atoms with E-state index in [1.807, 2.05) is 20.8 Å². The molecule has 0 amide bonds. The van der Waals surface area contributed by atoms with Crippen LogP contribution in [0.4, 0.5) is 0 Å². The third-order valence-corrected chi connectivity index (χ3v) is 8.24. The number of rotatable bonds is 11. The second kappa shape index (κ2) is 11.6. The standard InChI is InChI=1S/C25H34N6O5S/c1-16(2)36-23(24-26-12-17(3)13-27-24)18(4)37(32,33)15-21-29-30-25(20-9-6-10-22(28-20)34-5)31(21)14-19-8-7-11-35-19/h6,9-10,12-13,16,18-19,23H,7-8,11,14-15H2,1-5H3/t18-,19-,23+/m0/s1. The Labute approximate surface area is 217 Å². The van der Waals surface area contributed by atoms with Crippen LogP contribution in [0, 0.1) is 6.92 Å². The highest BCUT2D eigenvalue weighted by Crippen LogP contribution is 2.29. The SMILES string of the molecule is COc1cccc(-c2nnc(CS(=O)(=O)[C@@H](C)[C@@H](OC(C)C)c3ncc(C)cn3)n2C[C@@H]2CCCO2)n1. The number of aryl methyl sites for hydroxylation is 1. The monoisotopic (exact) mass is 530 g/mol. The topological polar surface area (TPSA) is 131 Å². The Balaban J connectivity index is 1.67. The van der Waals surface area contributed by atoms with Gasteiger partial charge < -0.3 is 18.8 Å². The van der Waals surface area contributed by atoms with Gasteiger partial charge in [-0.2, -0.15) is 0 Å². The molecule has 4 heterocycles. The van der Waals surface area contributed by atoms with E-state index in [0.29, 0.717) is 42.2 Å². The highest BCUT2D eigenvalue weighted by molar-refractivity contribution is 7.91. The van der Waals surface area contributed by atoms with Gasteiger partial charge in [0.05, 0.1) is 31.1 Å². The van der Waals surface area contributed by atoms with E-state index in [0.717, 1.165) is 18.4 Å². The number of pyridine rings is 1. The van der Waals surface area contributed by atoms with Crippen molar-refractivity contribution in [3.63, 3.8) is 0 Å². The fourth-order valence-corrected chi connectivity index (χ4v) is 5.59. The Morgan fingerprint density at radius 3 is 2.57 bits per heavy atom. The van der Waals surface area contributed by atoms with Crippen LogP contribution >= 0.6 is 0 Å². The molecule has 0 N–H and O–H groups in total. The minimum absolute atomic E-state index is 0.0581. The first-order chi connectivity index (χ1) is 17.7. The molecule has 4 rings (SSSR count). The van der Waals surface area contributed by atoms with Crippen molar-refractivity contribution in [3.8, 4) is 17.4 Å². The minimum Gasteiger partial charge on any atom is -0.481 e. The van der Waals surface area contributed by atoms with Crippen molar-refractivity contribution < 1.29 is 22.6 Å². The summed E-state index contributed by atoms with van der Waals surface area (Å²) in [5.41, 5.74) is 1.42. The maximum Gasteiger partial charge on any atom is 0.213 e. The number of ether oxygens (including phenoxy) is 3. The van der Waals surface area contributed by atoms with Gasteiger partial charge in [0.2, 0.25) is 5.88 Å². The van der Waals surface area contributed by atoms with Gasteiger partial charge in [-0.15, -0.1) is 10.2 Å². The molecular formula is C25H34N6O5S. The zero-order valence-electron chi connectivity index (χ0n) is 21.9. The summed E-state index contributed by atoms with van der Waals surface area (Å²) in [6.45, 7) is 8.30. The molecule has 0 aliphatic carbocycles. The van der Waals surface area contributed by atoms with Crippen LogP contribution in [0.3, 0.4) is 0 Å². The normalized spacial score (nSPS) is 17.7. The molecule has 3 atom stereocenters. The fourth-order valence-electron chi connectivity index (χ4n) is 4.19. The smallest absolute Gasteiger partial charge is 0.213 e. The highest BCUT2D eigenvalue weighted by Gasteiger charge is 2.36. The molecule has 0 bridgehead atoms. The molecule has 0 aromatic carbocycles. The average molecular weight is 531 g/mol. The van der Waals surface area contributed by atoms with Gasteiger partial charge in [0.25, 0.3) is 0 Å². The van der Waals surface area contributed by atoms with Crippen molar-refractivity contribution >= 4 is 9.84 Å². The Kier molecular flexibility index (Phi) is 8.50. The lowest BCUT2D eigenvalue weighted by Gasteiger charge is -2.25. The van der Waals surface area contributed by atoms with E-state index >= 15 is 0 Å². The summed E-state index contributed by atoms with van der Waals surface area (Å²) >= 11 is 0. The Hall–Kier alpha value is -2.96. The molecule has 12 heteroatoms.